The first-order chi connectivity index (χ1) is 20.4. The van der Waals surface area contributed by atoms with Gasteiger partial charge < -0.3 is 9.47 Å². The first-order valence-corrected chi connectivity index (χ1v) is 14.0. The van der Waals surface area contributed by atoms with E-state index in [0.717, 1.165) is 46.5 Å². The molecule has 10 heteroatoms. The SMILES string of the molecule is CCCc1nc(C)n(-c2ccc(OC(C)COC)cc2)c(=O)c1Cc1ccc(-c2ccccc2-c2noc(=O)[nH]2)cc1.[NaH]. The molecule has 0 aliphatic rings. The molecule has 0 saturated heterocycles. The molecule has 0 spiro atoms. The molecule has 9 nitrogen and oxygen atoms in total. The zero-order valence-corrected chi connectivity index (χ0v) is 24.2. The van der Waals surface area contributed by atoms with Crippen molar-refractivity contribution in [3.8, 4) is 34.0 Å². The molecule has 2 heterocycles. The maximum atomic E-state index is 14.0. The van der Waals surface area contributed by atoms with Crippen molar-refractivity contribution < 1.29 is 14.0 Å². The fourth-order valence-electron chi connectivity index (χ4n) is 5.11. The third kappa shape index (κ3) is 7.43. The van der Waals surface area contributed by atoms with Gasteiger partial charge in [-0.1, -0.05) is 67.0 Å². The predicted molar refractivity (Wildman–Crippen MR) is 168 cm³/mol. The quantitative estimate of drug-likeness (QED) is 0.219. The van der Waals surface area contributed by atoms with Crippen molar-refractivity contribution in [1.29, 1.82) is 0 Å². The summed E-state index contributed by atoms with van der Waals surface area (Å²) in [5.41, 5.74) is 5.79. The van der Waals surface area contributed by atoms with E-state index >= 15 is 0 Å². The minimum atomic E-state index is -0.601. The third-order valence-electron chi connectivity index (χ3n) is 7.02. The fourth-order valence-corrected chi connectivity index (χ4v) is 5.11. The van der Waals surface area contributed by atoms with E-state index in [1.807, 2.05) is 86.6 Å². The second-order valence-corrected chi connectivity index (χ2v) is 10.2. The summed E-state index contributed by atoms with van der Waals surface area (Å²) >= 11 is 0. The molecule has 1 unspecified atom stereocenters. The molecule has 43 heavy (non-hydrogen) atoms. The summed E-state index contributed by atoms with van der Waals surface area (Å²) in [5, 5.41) is 3.85. The number of benzene rings is 3. The van der Waals surface area contributed by atoms with Gasteiger partial charge in [-0.15, -0.1) is 0 Å². The Labute approximate surface area is 272 Å². The Morgan fingerprint density at radius 3 is 2.30 bits per heavy atom. The van der Waals surface area contributed by atoms with Gasteiger partial charge in [-0.2, -0.15) is 0 Å². The Morgan fingerprint density at radius 2 is 1.67 bits per heavy atom. The van der Waals surface area contributed by atoms with Crippen LogP contribution in [-0.2, 0) is 17.6 Å². The van der Waals surface area contributed by atoms with Crippen molar-refractivity contribution >= 4 is 29.6 Å². The molecule has 0 bridgehead atoms. The van der Waals surface area contributed by atoms with Crippen molar-refractivity contribution in [1.82, 2.24) is 19.7 Å². The standard InChI is InChI=1S/C33H34N4O5.Na.H/c1-5-8-30-29(32(38)37(22(3)34-30)25-15-17-26(18-16-25)41-21(2)20-40-4)19-23-11-13-24(14-12-23)27-9-6-7-10-28(27)31-35-33(39)42-36-31;;/h6-7,9-18,21H,5,8,19-20H2,1-4H3,(H,35,36,39);;. The number of nitrogens with one attached hydrogen (secondary N) is 1. The van der Waals surface area contributed by atoms with Gasteiger partial charge >= 0.3 is 35.3 Å². The molecule has 1 atom stereocenters. The number of methoxy groups -OCH3 is 1. The Bertz CT molecular complexity index is 1780. The number of hydrogen-bond acceptors (Lipinski definition) is 7. The van der Waals surface area contributed by atoms with Crippen LogP contribution in [0.5, 0.6) is 5.75 Å². The predicted octanol–water partition coefficient (Wildman–Crippen LogP) is 4.86. The number of aromatic amines is 1. The van der Waals surface area contributed by atoms with E-state index < -0.39 is 5.76 Å². The van der Waals surface area contributed by atoms with E-state index in [1.165, 1.54) is 0 Å². The summed E-state index contributed by atoms with van der Waals surface area (Å²) < 4.78 is 17.4. The van der Waals surface area contributed by atoms with Crippen LogP contribution in [0.1, 0.15) is 42.9 Å². The molecule has 0 fully saturated rings. The topological polar surface area (TPSA) is 112 Å². The van der Waals surface area contributed by atoms with Gasteiger partial charge in [0.05, 0.1) is 18.0 Å². The van der Waals surface area contributed by atoms with Crippen molar-refractivity contribution in [2.24, 2.45) is 0 Å². The monoisotopic (exact) mass is 590 g/mol. The number of aryl methyl sites for hydroxylation is 2. The zero-order valence-electron chi connectivity index (χ0n) is 24.2. The molecular weight excluding hydrogens is 555 g/mol. The van der Waals surface area contributed by atoms with Crippen LogP contribution in [0.25, 0.3) is 28.2 Å². The fraction of sp³-hybridized carbons (Fsp3) is 0.273. The Balaban J connectivity index is 0.00000423. The minimum absolute atomic E-state index is 0. The normalized spacial score (nSPS) is 11.6. The Morgan fingerprint density at radius 1 is 0.977 bits per heavy atom. The van der Waals surface area contributed by atoms with Crippen LogP contribution in [0, 0.1) is 6.92 Å². The average molecular weight is 591 g/mol. The van der Waals surface area contributed by atoms with E-state index in [4.69, 9.17) is 19.0 Å². The maximum absolute atomic E-state index is 14.0. The molecule has 5 aromatic rings. The van der Waals surface area contributed by atoms with Crippen LogP contribution in [0.4, 0.5) is 0 Å². The van der Waals surface area contributed by atoms with Gasteiger partial charge in [0.15, 0.2) is 5.82 Å². The number of nitrogens with zero attached hydrogens (tertiary/aromatic N) is 3. The van der Waals surface area contributed by atoms with E-state index in [-0.39, 0.29) is 41.2 Å². The third-order valence-corrected chi connectivity index (χ3v) is 7.02. The molecule has 3 aromatic carbocycles. The van der Waals surface area contributed by atoms with Crippen LogP contribution in [0.2, 0.25) is 0 Å². The number of aromatic nitrogens is 4. The molecule has 1 N–H and O–H groups in total. The van der Waals surface area contributed by atoms with Crippen LogP contribution in [0.3, 0.4) is 0 Å². The molecule has 0 aliphatic heterocycles. The summed E-state index contributed by atoms with van der Waals surface area (Å²) in [7, 11) is 1.64. The number of H-pyrrole nitrogens is 1. The molecule has 0 amide bonds. The number of ether oxygens (including phenoxy) is 2. The van der Waals surface area contributed by atoms with Gasteiger partial charge in [0.1, 0.15) is 17.7 Å². The number of rotatable bonds is 11. The van der Waals surface area contributed by atoms with Crippen molar-refractivity contribution in [3.05, 3.63) is 116 Å². The summed E-state index contributed by atoms with van der Waals surface area (Å²) in [6, 6.07) is 23.2. The van der Waals surface area contributed by atoms with E-state index in [2.05, 4.69) is 17.1 Å². The van der Waals surface area contributed by atoms with E-state index in [0.29, 0.717) is 36.0 Å². The van der Waals surface area contributed by atoms with Gasteiger partial charge in [-0.25, -0.2) is 9.78 Å². The molecule has 5 rings (SSSR count). The van der Waals surface area contributed by atoms with E-state index in [9.17, 15) is 9.59 Å². The second kappa shape index (κ2) is 14.6. The molecule has 218 valence electrons. The summed E-state index contributed by atoms with van der Waals surface area (Å²) in [5.74, 6) is 1.13. The van der Waals surface area contributed by atoms with E-state index in [1.54, 1.807) is 11.7 Å². The molecule has 0 aliphatic carbocycles. The summed E-state index contributed by atoms with van der Waals surface area (Å²) in [6.07, 6.45) is 1.97. The Kier molecular flexibility index (Phi) is 10.9. The number of hydrogen-bond donors (Lipinski definition) is 1. The van der Waals surface area contributed by atoms with Crippen LogP contribution < -0.4 is 16.1 Å². The average Bonchev–Trinajstić information content (AvgIpc) is 3.42. The second-order valence-electron chi connectivity index (χ2n) is 10.2. The van der Waals surface area contributed by atoms with Crippen molar-refractivity contribution in [2.75, 3.05) is 13.7 Å². The van der Waals surface area contributed by atoms with Crippen LogP contribution in [0.15, 0.2) is 86.9 Å². The molecule has 0 radical (unpaired) electrons. The Hall–Kier alpha value is -3.76. The summed E-state index contributed by atoms with van der Waals surface area (Å²) in [6.45, 7) is 6.38. The van der Waals surface area contributed by atoms with Gasteiger partial charge in [0, 0.05) is 24.7 Å². The van der Waals surface area contributed by atoms with Crippen molar-refractivity contribution in [2.45, 2.75) is 46.1 Å². The summed E-state index contributed by atoms with van der Waals surface area (Å²) in [4.78, 5) is 33.0. The van der Waals surface area contributed by atoms with Gasteiger partial charge in [-0.05, 0) is 61.2 Å². The first-order valence-electron chi connectivity index (χ1n) is 14.0. The van der Waals surface area contributed by atoms with Gasteiger partial charge in [0.25, 0.3) is 5.56 Å². The van der Waals surface area contributed by atoms with Crippen LogP contribution >= 0.6 is 0 Å². The van der Waals surface area contributed by atoms with Crippen LogP contribution in [-0.4, -0.2) is 69.1 Å². The molecule has 2 aromatic heterocycles. The molecule has 0 saturated carbocycles. The van der Waals surface area contributed by atoms with Crippen molar-refractivity contribution in [3.63, 3.8) is 0 Å². The zero-order chi connectivity index (χ0) is 29.6. The first kappa shape index (κ1) is 32.2. The molecular formula is C33H35N4NaO5. The van der Waals surface area contributed by atoms with Gasteiger partial charge in [0.2, 0.25) is 0 Å². The van der Waals surface area contributed by atoms with Gasteiger partial charge in [-0.3, -0.25) is 18.9 Å².